The van der Waals surface area contributed by atoms with E-state index in [9.17, 15) is 14.4 Å². The summed E-state index contributed by atoms with van der Waals surface area (Å²) in [6.07, 6.45) is 2.21. The Kier molecular flexibility index (Phi) is 7.17. The van der Waals surface area contributed by atoms with Gasteiger partial charge in [-0.25, -0.2) is 0 Å². The van der Waals surface area contributed by atoms with Crippen LogP contribution in [-0.2, 0) is 9.53 Å². The number of Topliss-reactive ketones (excluding diaryl/α,β-unsaturated/α-hetero) is 1. The van der Waals surface area contributed by atoms with Crippen molar-refractivity contribution in [2.24, 2.45) is 0 Å². The number of thiophene rings is 1. The van der Waals surface area contributed by atoms with Crippen molar-refractivity contribution < 1.29 is 19.1 Å². The van der Waals surface area contributed by atoms with Gasteiger partial charge in [-0.2, -0.15) is 0 Å². The molecule has 29 heavy (non-hydrogen) atoms. The van der Waals surface area contributed by atoms with Gasteiger partial charge in [0.05, 0.1) is 17.4 Å². The summed E-state index contributed by atoms with van der Waals surface area (Å²) in [5.41, 5.74) is 1.53. The van der Waals surface area contributed by atoms with Crippen molar-refractivity contribution in [1.29, 1.82) is 0 Å². The molecule has 0 radical (unpaired) electrons. The standard InChI is InChI=1S/C22H26N2O4S/c1-14-12-18(15(2)29-14)20(25)9-10-21(26)24-19-8-4-3-7-17(19)22(27)23-13-16-6-5-11-28-16/h3-4,7-8,12,16H,5-6,9-11,13H2,1-2H3,(H,23,27)(H,24,26). The van der Waals surface area contributed by atoms with Crippen molar-refractivity contribution in [3.63, 3.8) is 0 Å². The normalized spacial score (nSPS) is 15.9. The average molecular weight is 415 g/mol. The van der Waals surface area contributed by atoms with E-state index in [0.717, 1.165) is 29.2 Å². The first-order valence-electron chi connectivity index (χ1n) is 9.83. The minimum Gasteiger partial charge on any atom is -0.376 e. The summed E-state index contributed by atoms with van der Waals surface area (Å²) in [6, 6.07) is 8.74. The molecule has 1 aromatic heterocycles. The van der Waals surface area contributed by atoms with E-state index in [-0.39, 0.29) is 36.5 Å². The summed E-state index contributed by atoms with van der Waals surface area (Å²) >= 11 is 1.58. The molecule has 2 amide bonds. The van der Waals surface area contributed by atoms with E-state index >= 15 is 0 Å². The van der Waals surface area contributed by atoms with Crippen molar-refractivity contribution in [2.75, 3.05) is 18.5 Å². The molecule has 6 nitrogen and oxygen atoms in total. The Morgan fingerprint density at radius 1 is 1.14 bits per heavy atom. The molecule has 0 saturated carbocycles. The fourth-order valence-corrected chi connectivity index (χ4v) is 4.32. The zero-order valence-corrected chi connectivity index (χ0v) is 17.6. The van der Waals surface area contributed by atoms with Gasteiger partial charge in [0.1, 0.15) is 0 Å². The van der Waals surface area contributed by atoms with Crippen LogP contribution in [0.3, 0.4) is 0 Å². The highest BCUT2D eigenvalue weighted by Crippen LogP contribution is 2.22. The minimum atomic E-state index is -0.290. The van der Waals surface area contributed by atoms with Crippen LogP contribution in [0.5, 0.6) is 0 Å². The zero-order valence-electron chi connectivity index (χ0n) is 16.7. The number of ketones is 1. The number of rotatable bonds is 8. The molecule has 1 saturated heterocycles. The molecule has 1 atom stereocenters. The molecule has 2 N–H and O–H groups in total. The lowest BCUT2D eigenvalue weighted by atomic mass is 10.1. The molecule has 0 spiro atoms. The molecule has 7 heteroatoms. The molecular weight excluding hydrogens is 388 g/mol. The molecule has 1 aromatic carbocycles. The predicted molar refractivity (Wildman–Crippen MR) is 114 cm³/mol. The molecule has 1 fully saturated rings. The summed E-state index contributed by atoms with van der Waals surface area (Å²) < 4.78 is 5.52. The van der Waals surface area contributed by atoms with Crippen molar-refractivity contribution in [1.82, 2.24) is 5.32 Å². The molecule has 2 heterocycles. The predicted octanol–water partition coefficient (Wildman–Crippen LogP) is 3.88. The summed E-state index contributed by atoms with van der Waals surface area (Å²) in [6.45, 7) is 5.06. The number of ether oxygens (including phenoxy) is 1. The molecular formula is C22H26N2O4S. The van der Waals surface area contributed by atoms with Crippen LogP contribution in [0.1, 0.15) is 56.2 Å². The van der Waals surface area contributed by atoms with Crippen LogP contribution in [0, 0.1) is 13.8 Å². The summed E-state index contributed by atoms with van der Waals surface area (Å²) in [4.78, 5) is 39.3. The number of carbonyl (C=O) groups excluding carboxylic acids is 3. The Labute approximate surface area is 174 Å². The number of benzene rings is 1. The first kappa shape index (κ1) is 21.2. The monoisotopic (exact) mass is 414 g/mol. The van der Waals surface area contributed by atoms with Crippen molar-refractivity contribution in [2.45, 2.75) is 45.6 Å². The van der Waals surface area contributed by atoms with Gasteiger partial charge in [-0.3, -0.25) is 14.4 Å². The van der Waals surface area contributed by atoms with E-state index < -0.39 is 0 Å². The Bertz CT molecular complexity index is 900. The number of carbonyl (C=O) groups is 3. The Hall–Kier alpha value is -2.51. The molecule has 1 unspecified atom stereocenters. The first-order valence-corrected chi connectivity index (χ1v) is 10.6. The Balaban J connectivity index is 1.55. The van der Waals surface area contributed by atoms with Crippen LogP contribution in [-0.4, -0.2) is 36.9 Å². The lowest BCUT2D eigenvalue weighted by Gasteiger charge is -2.13. The van der Waals surface area contributed by atoms with Gasteiger partial charge in [0, 0.05) is 41.3 Å². The number of para-hydroxylation sites is 1. The van der Waals surface area contributed by atoms with Crippen LogP contribution in [0.2, 0.25) is 0 Å². The maximum atomic E-state index is 12.5. The highest BCUT2D eigenvalue weighted by molar-refractivity contribution is 7.12. The smallest absolute Gasteiger partial charge is 0.253 e. The topological polar surface area (TPSA) is 84.5 Å². The lowest BCUT2D eigenvalue weighted by Crippen LogP contribution is -2.32. The third kappa shape index (κ3) is 5.74. The highest BCUT2D eigenvalue weighted by Gasteiger charge is 2.19. The van der Waals surface area contributed by atoms with Crippen LogP contribution in [0.4, 0.5) is 5.69 Å². The van der Waals surface area contributed by atoms with E-state index in [2.05, 4.69) is 10.6 Å². The lowest BCUT2D eigenvalue weighted by molar-refractivity contribution is -0.116. The van der Waals surface area contributed by atoms with E-state index in [1.165, 1.54) is 0 Å². The van der Waals surface area contributed by atoms with Crippen molar-refractivity contribution in [3.05, 3.63) is 51.2 Å². The van der Waals surface area contributed by atoms with Gasteiger partial charge < -0.3 is 15.4 Å². The highest BCUT2D eigenvalue weighted by atomic mass is 32.1. The molecule has 2 aromatic rings. The fraction of sp³-hybridized carbons (Fsp3) is 0.409. The van der Waals surface area contributed by atoms with Crippen LogP contribution < -0.4 is 10.6 Å². The largest absolute Gasteiger partial charge is 0.376 e. The maximum Gasteiger partial charge on any atom is 0.253 e. The second-order valence-electron chi connectivity index (χ2n) is 7.19. The van der Waals surface area contributed by atoms with Gasteiger partial charge >= 0.3 is 0 Å². The second-order valence-corrected chi connectivity index (χ2v) is 8.65. The van der Waals surface area contributed by atoms with Gasteiger partial charge in [-0.15, -0.1) is 11.3 Å². The Morgan fingerprint density at radius 2 is 1.93 bits per heavy atom. The molecule has 0 bridgehead atoms. The van der Waals surface area contributed by atoms with Crippen molar-refractivity contribution in [3.8, 4) is 0 Å². The van der Waals surface area contributed by atoms with Gasteiger partial charge in [0.15, 0.2) is 5.78 Å². The number of nitrogens with one attached hydrogen (secondary N) is 2. The van der Waals surface area contributed by atoms with E-state index in [1.807, 2.05) is 19.9 Å². The van der Waals surface area contributed by atoms with Gasteiger partial charge in [0.2, 0.25) is 5.91 Å². The van der Waals surface area contributed by atoms with Crippen LogP contribution >= 0.6 is 11.3 Å². The van der Waals surface area contributed by atoms with E-state index in [0.29, 0.717) is 23.4 Å². The Morgan fingerprint density at radius 3 is 2.62 bits per heavy atom. The average Bonchev–Trinajstić information content (AvgIpc) is 3.33. The van der Waals surface area contributed by atoms with Crippen LogP contribution in [0.25, 0.3) is 0 Å². The SMILES string of the molecule is Cc1cc(C(=O)CCC(=O)Nc2ccccc2C(=O)NCC2CCCO2)c(C)s1. The third-order valence-electron chi connectivity index (χ3n) is 4.88. The number of aryl methyl sites for hydroxylation is 2. The molecule has 1 aliphatic rings. The van der Waals surface area contributed by atoms with Gasteiger partial charge in [-0.05, 0) is 44.9 Å². The van der Waals surface area contributed by atoms with E-state index in [1.54, 1.807) is 35.6 Å². The molecule has 0 aliphatic carbocycles. The second kappa shape index (κ2) is 9.80. The number of amides is 2. The van der Waals surface area contributed by atoms with Gasteiger partial charge in [0.25, 0.3) is 5.91 Å². The third-order valence-corrected chi connectivity index (χ3v) is 5.85. The van der Waals surface area contributed by atoms with Crippen LogP contribution in [0.15, 0.2) is 30.3 Å². The summed E-state index contributed by atoms with van der Waals surface area (Å²) in [5.74, 6) is -0.580. The molecule has 154 valence electrons. The number of hydrogen-bond donors (Lipinski definition) is 2. The van der Waals surface area contributed by atoms with E-state index in [4.69, 9.17) is 4.74 Å². The summed E-state index contributed by atoms with van der Waals surface area (Å²) in [7, 11) is 0. The first-order chi connectivity index (χ1) is 13.9. The molecule has 1 aliphatic heterocycles. The summed E-state index contributed by atoms with van der Waals surface area (Å²) in [5, 5.41) is 5.63. The number of hydrogen-bond acceptors (Lipinski definition) is 5. The van der Waals surface area contributed by atoms with Crippen molar-refractivity contribution >= 4 is 34.6 Å². The zero-order chi connectivity index (χ0) is 20.8. The minimum absolute atomic E-state index is 0.0374. The molecule has 3 rings (SSSR count). The maximum absolute atomic E-state index is 12.5. The number of anilines is 1. The quantitative estimate of drug-likeness (QED) is 0.642. The fourth-order valence-electron chi connectivity index (χ4n) is 3.38. The van der Waals surface area contributed by atoms with Gasteiger partial charge in [-0.1, -0.05) is 12.1 Å².